The van der Waals surface area contributed by atoms with Gasteiger partial charge in [0.25, 0.3) is 0 Å². The first kappa shape index (κ1) is 27.0. The van der Waals surface area contributed by atoms with E-state index in [0.717, 1.165) is 35.2 Å². The van der Waals surface area contributed by atoms with Gasteiger partial charge in [-0.25, -0.2) is 0 Å². The first-order valence-electron chi connectivity index (χ1n) is 12.1. The molecule has 34 heavy (non-hydrogen) atoms. The maximum atomic E-state index is 10.2. The molecule has 2 fully saturated rings. The molecular formula is C30H38IrNO2-. The quantitative estimate of drug-likeness (QED) is 0.303. The van der Waals surface area contributed by atoms with Crippen LogP contribution in [0, 0.1) is 49.5 Å². The predicted octanol–water partition coefficient (Wildman–Crippen LogP) is 6.43. The molecule has 185 valence electrons. The summed E-state index contributed by atoms with van der Waals surface area (Å²) in [6.45, 7) is 14.7. The minimum atomic E-state index is -0.329. The first-order chi connectivity index (χ1) is 15.4. The normalized spacial score (nSPS) is 26.4. The number of pyridine rings is 1. The van der Waals surface area contributed by atoms with Crippen molar-refractivity contribution >= 4 is 10.9 Å². The van der Waals surface area contributed by atoms with Crippen LogP contribution in [0.5, 0.6) is 0 Å². The fraction of sp³-hybridized carbons (Fsp3) is 0.500. The Labute approximate surface area is 218 Å². The van der Waals surface area contributed by atoms with Gasteiger partial charge >= 0.3 is 0 Å². The molecule has 2 N–H and O–H groups in total. The molecule has 1 heterocycles. The van der Waals surface area contributed by atoms with Crippen LogP contribution in [0.3, 0.4) is 0 Å². The Balaban J connectivity index is 0.000000193. The molecule has 0 saturated heterocycles. The van der Waals surface area contributed by atoms with Crippen LogP contribution >= 0.6 is 0 Å². The number of fused-ring (bicyclic) bond motifs is 2. The summed E-state index contributed by atoms with van der Waals surface area (Å²) in [4.78, 5) is 4.76. The zero-order chi connectivity index (χ0) is 24.1. The van der Waals surface area contributed by atoms with E-state index < -0.39 is 0 Å². The van der Waals surface area contributed by atoms with Crippen molar-refractivity contribution in [3.63, 3.8) is 0 Å². The largest absolute Gasteiger partial charge is 0.392 e. The molecule has 2 aromatic carbocycles. The summed E-state index contributed by atoms with van der Waals surface area (Å²) in [5, 5.41) is 21.6. The molecule has 4 heteroatoms. The second kappa shape index (κ2) is 9.82. The van der Waals surface area contributed by atoms with Crippen molar-refractivity contribution in [1.29, 1.82) is 0 Å². The van der Waals surface area contributed by atoms with Gasteiger partial charge in [0.15, 0.2) is 0 Å². The average Bonchev–Trinajstić information content (AvgIpc) is 3.07. The first-order valence-corrected chi connectivity index (χ1v) is 12.1. The zero-order valence-corrected chi connectivity index (χ0v) is 23.8. The van der Waals surface area contributed by atoms with Crippen molar-refractivity contribution in [3.05, 3.63) is 65.2 Å². The summed E-state index contributed by atoms with van der Waals surface area (Å²) in [6.07, 6.45) is 1.45. The van der Waals surface area contributed by atoms with Crippen molar-refractivity contribution in [3.8, 4) is 11.3 Å². The van der Waals surface area contributed by atoms with Gasteiger partial charge in [-0.05, 0) is 53.8 Å². The van der Waals surface area contributed by atoms with Crippen LogP contribution in [0.2, 0.25) is 0 Å². The molecule has 0 spiro atoms. The van der Waals surface area contributed by atoms with Crippen LogP contribution in [-0.4, -0.2) is 27.4 Å². The van der Waals surface area contributed by atoms with E-state index in [2.05, 4.69) is 97.0 Å². The number of aliphatic hydroxyl groups is 2. The smallest absolute Gasteiger partial charge is 0.0646 e. The molecule has 2 unspecified atom stereocenters. The van der Waals surface area contributed by atoms with Gasteiger partial charge in [0.05, 0.1) is 17.7 Å². The van der Waals surface area contributed by atoms with Gasteiger partial charge in [0, 0.05) is 31.4 Å². The second-order valence-electron chi connectivity index (χ2n) is 11.7. The third-order valence-electron chi connectivity index (χ3n) is 7.83. The summed E-state index contributed by atoms with van der Waals surface area (Å²) in [5.41, 5.74) is 6.76. The minimum absolute atomic E-state index is 0. The van der Waals surface area contributed by atoms with Crippen molar-refractivity contribution in [2.75, 3.05) is 0 Å². The maximum absolute atomic E-state index is 10.2. The summed E-state index contributed by atoms with van der Waals surface area (Å²) in [6, 6.07) is 18.1. The van der Waals surface area contributed by atoms with E-state index in [0.29, 0.717) is 5.92 Å². The van der Waals surface area contributed by atoms with Crippen molar-refractivity contribution in [2.45, 2.75) is 73.5 Å². The Kier molecular flexibility index (Phi) is 7.80. The fourth-order valence-electron chi connectivity index (χ4n) is 6.16. The topological polar surface area (TPSA) is 53.4 Å². The molecule has 2 aliphatic carbocycles. The molecule has 5 rings (SSSR count). The monoisotopic (exact) mass is 637 g/mol. The summed E-state index contributed by atoms with van der Waals surface area (Å²) in [5.74, 6) is 0.630. The van der Waals surface area contributed by atoms with E-state index in [1.54, 1.807) is 0 Å². The Morgan fingerprint density at radius 3 is 2.06 bits per heavy atom. The number of benzene rings is 2. The molecule has 2 aliphatic rings. The molecule has 0 aliphatic heterocycles. The van der Waals surface area contributed by atoms with E-state index in [1.165, 1.54) is 16.5 Å². The van der Waals surface area contributed by atoms with E-state index in [1.807, 2.05) is 0 Å². The number of rotatable bonds is 1. The number of hydrogen-bond donors (Lipinski definition) is 2. The number of aliphatic hydroxyl groups excluding tert-OH is 2. The molecule has 2 atom stereocenters. The molecule has 1 radical (unpaired) electrons. The number of hydrogen-bond acceptors (Lipinski definition) is 3. The van der Waals surface area contributed by atoms with Crippen LogP contribution in [0.1, 0.15) is 57.2 Å². The third kappa shape index (κ3) is 5.16. The van der Waals surface area contributed by atoms with Crippen LogP contribution in [0.15, 0.2) is 42.5 Å². The van der Waals surface area contributed by atoms with Crippen molar-refractivity contribution in [1.82, 2.24) is 4.98 Å². The van der Waals surface area contributed by atoms with Gasteiger partial charge in [-0.15, -0.1) is 34.9 Å². The summed E-state index contributed by atoms with van der Waals surface area (Å²) < 4.78 is 0. The fourth-order valence-corrected chi connectivity index (χ4v) is 6.16. The Hall–Kier alpha value is -1.58. The summed E-state index contributed by atoms with van der Waals surface area (Å²) in [7, 11) is 0. The molecule has 2 saturated carbocycles. The average molecular weight is 637 g/mol. The van der Waals surface area contributed by atoms with Gasteiger partial charge < -0.3 is 10.2 Å². The van der Waals surface area contributed by atoms with E-state index >= 15 is 0 Å². The van der Waals surface area contributed by atoms with Gasteiger partial charge in [0.2, 0.25) is 0 Å². The Bertz CT molecular complexity index is 1130. The van der Waals surface area contributed by atoms with Crippen molar-refractivity contribution < 1.29 is 30.3 Å². The maximum Gasteiger partial charge on any atom is 0.0646 e. The summed E-state index contributed by atoms with van der Waals surface area (Å²) >= 11 is 0. The third-order valence-corrected chi connectivity index (χ3v) is 7.83. The van der Waals surface area contributed by atoms with E-state index in [4.69, 9.17) is 4.98 Å². The van der Waals surface area contributed by atoms with Gasteiger partial charge in [-0.3, -0.25) is 4.98 Å². The zero-order valence-electron chi connectivity index (χ0n) is 21.4. The number of aryl methyl sites for hydroxylation is 3. The molecule has 3 nitrogen and oxygen atoms in total. The van der Waals surface area contributed by atoms with Gasteiger partial charge in [-0.2, -0.15) is 0 Å². The number of nitrogens with zero attached hydrogens (tertiary/aromatic N) is 1. The Morgan fingerprint density at radius 1 is 0.882 bits per heavy atom. The van der Waals surface area contributed by atoms with Gasteiger partial charge in [0.1, 0.15) is 0 Å². The standard InChI is InChI=1S/C18H16N.C12H22O2.Ir/c1-12-9-13(2)11-15(10-12)17-8-7-16-14(3)5-4-6-18(16)19-17;1-11(2)5-7-6-12(3,4)10(14)8(7)9(11)13;/h4-10H,1-3H3;7-10,13-14H,5-6H2,1-4H3;/q-1;;. The number of aromatic nitrogens is 1. The second-order valence-corrected chi connectivity index (χ2v) is 11.7. The molecule has 1 aromatic heterocycles. The molecule has 3 aromatic rings. The molecule has 0 bridgehead atoms. The van der Waals surface area contributed by atoms with Crippen LogP contribution in [0.25, 0.3) is 22.2 Å². The van der Waals surface area contributed by atoms with Crippen molar-refractivity contribution in [2.24, 2.45) is 22.7 Å². The van der Waals surface area contributed by atoms with Crippen LogP contribution < -0.4 is 0 Å². The Morgan fingerprint density at radius 2 is 1.50 bits per heavy atom. The van der Waals surface area contributed by atoms with Crippen LogP contribution in [0.4, 0.5) is 0 Å². The SMILES string of the molecule is CC1(C)CC2CC(C)(C)C(O)C2C1O.Cc1[c-]c(-c2ccc3c(C)cccc3n2)cc(C)c1.[Ir]. The van der Waals surface area contributed by atoms with E-state index in [-0.39, 0.29) is 49.1 Å². The van der Waals surface area contributed by atoms with Gasteiger partial charge in [-0.1, -0.05) is 65.8 Å². The van der Waals surface area contributed by atoms with Crippen LogP contribution in [-0.2, 0) is 20.1 Å². The van der Waals surface area contributed by atoms with E-state index in [9.17, 15) is 10.2 Å². The predicted molar refractivity (Wildman–Crippen MR) is 136 cm³/mol. The molecular weight excluding hydrogens is 599 g/mol. The minimum Gasteiger partial charge on any atom is -0.392 e. The molecule has 0 amide bonds.